The number of hydrogen-bond acceptors (Lipinski definition) is 5. The van der Waals surface area contributed by atoms with Crippen LogP contribution in [-0.4, -0.2) is 45.7 Å². The number of nitrogens with zero attached hydrogens (tertiary/aromatic N) is 3. The molecule has 1 saturated heterocycles. The molecule has 2 aromatic rings. The van der Waals surface area contributed by atoms with Gasteiger partial charge in [-0.1, -0.05) is 25.0 Å². The summed E-state index contributed by atoms with van der Waals surface area (Å²) in [6.45, 7) is 0.0906. The molecule has 7 heteroatoms. The number of methoxy groups -OCH3 is 1. The first-order valence-electron chi connectivity index (χ1n) is 10.2. The maximum atomic E-state index is 12.7. The van der Waals surface area contributed by atoms with E-state index in [1.165, 1.54) is 12.8 Å². The highest BCUT2D eigenvalue weighted by molar-refractivity contribution is 5.79. The van der Waals surface area contributed by atoms with Gasteiger partial charge in [0.1, 0.15) is 18.5 Å². The number of morpholine rings is 1. The van der Waals surface area contributed by atoms with E-state index < -0.39 is 0 Å². The Morgan fingerprint density at radius 1 is 1.14 bits per heavy atom. The minimum absolute atomic E-state index is 0.0510. The quantitative estimate of drug-likeness (QED) is 0.858. The van der Waals surface area contributed by atoms with E-state index in [0.29, 0.717) is 12.0 Å². The van der Waals surface area contributed by atoms with Crippen molar-refractivity contribution in [3.8, 4) is 5.75 Å². The van der Waals surface area contributed by atoms with Gasteiger partial charge in [-0.2, -0.15) is 5.10 Å². The van der Waals surface area contributed by atoms with Gasteiger partial charge in [0.2, 0.25) is 5.91 Å². The molecular formula is C21H26N4O3. The van der Waals surface area contributed by atoms with E-state index in [1.807, 2.05) is 29.2 Å². The van der Waals surface area contributed by atoms with Crippen LogP contribution in [0.1, 0.15) is 73.8 Å². The van der Waals surface area contributed by atoms with Crippen LogP contribution >= 0.6 is 0 Å². The second-order valence-electron chi connectivity index (χ2n) is 8.04. The van der Waals surface area contributed by atoms with E-state index in [1.54, 1.807) is 7.11 Å². The Balaban J connectivity index is 1.49. The molecule has 1 N–H and O–H groups in total. The van der Waals surface area contributed by atoms with Crippen LogP contribution in [0.25, 0.3) is 0 Å². The van der Waals surface area contributed by atoms with E-state index >= 15 is 0 Å². The summed E-state index contributed by atoms with van der Waals surface area (Å²) in [5, 5.41) is 7.61. The number of H-pyrrole nitrogens is 1. The van der Waals surface area contributed by atoms with Crippen molar-refractivity contribution in [2.24, 2.45) is 0 Å². The van der Waals surface area contributed by atoms with Crippen LogP contribution in [0.15, 0.2) is 24.3 Å². The zero-order chi connectivity index (χ0) is 19.1. The summed E-state index contributed by atoms with van der Waals surface area (Å²) in [5.41, 5.74) is 1.03. The summed E-state index contributed by atoms with van der Waals surface area (Å²) in [6.07, 6.45) is 6.55. The molecule has 1 aliphatic heterocycles. The fourth-order valence-electron chi connectivity index (χ4n) is 4.56. The highest BCUT2D eigenvalue weighted by Gasteiger charge is 2.46. The topological polar surface area (TPSA) is 80.3 Å². The van der Waals surface area contributed by atoms with E-state index in [9.17, 15) is 4.79 Å². The molecule has 0 spiro atoms. The predicted molar refractivity (Wildman–Crippen MR) is 102 cm³/mol. The first-order valence-corrected chi connectivity index (χ1v) is 10.2. The van der Waals surface area contributed by atoms with Crippen molar-refractivity contribution in [3.05, 3.63) is 41.5 Å². The number of rotatable bonds is 5. The molecule has 28 heavy (non-hydrogen) atoms. The first kappa shape index (κ1) is 17.7. The lowest BCUT2D eigenvalue weighted by Gasteiger charge is -2.40. The fraction of sp³-hybridized carbons (Fsp3) is 0.571. The summed E-state index contributed by atoms with van der Waals surface area (Å²) < 4.78 is 11.3. The largest absolute Gasteiger partial charge is 0.497 e. The summed E-state index contributed by atoms with van der Waals surface area (Å²) in [5.74, 6) is 2.90. The lowest BCUT2D eigenvalue weighted by Crippen LogP contribution is -2.47. The molecule has 5 rings (SSSR count). The molecule has 1 amide bonds. The number of carbonyl (C=O) groups excluding carboxylic acids is 1. The van der Waals surface area contributed by atoms with Crippen LogP contribution in [-0.2, 0) is 9.53 Å². The van der Waals surface area contributed by atoms with Crippen molar-refractivity contribution in [3.63, 3.8) is 0 Å². The van der Waals surface area contributed by atoms with Crippen LogP contribution in [0.2, 0.25) is 0 Å². The molecule has 148 valence electrons. The SMILES string of the molecule is COc1ccc([C@@H]2[C@@H](c3nc(C4CCCC4)n[nH]3)OCC(=O)N2C2CC2)cc1. The highest BCUT2D eigenvalue weighted by atomic mass is 16.5. The predicted octanol–water partition coefficient (Wildman–Crippen LogP) is 3.27. The molecule has 0 unspecified atom stereocenters. The molecule has 3 fully saturated rings. The number of benzene rings is 1. The Morgan fingerprint density at radius 2 is 1.89 bits per heavy atom. The molecule has 2 heterocycles. The minimum atomic E-state index is -0.339. The molecule has 1 aromatic heterocycles. The second-order valence-corrected chi connectivity index (χ2v) is 8.04. The molecule has 2 aliphatic carbocycles. The van der Waals surface area contributed by atoms with Gasteiger partial charge >= 0.3 is 0 Å². The molecule has 2 atom stereocenters. The lowest BCUT2D eigenvalue weighted by molar-refractivity contribution is -0.160. The standard InChI is InChI=1S/C21H26N4O3/c1-27-16-10-6-13(7-11-16)18-19(28-12-17(26)25(18)15-8-9-15)21-22-20(23-24-21)14-4-2-3-5-14/h6-7,10-11,14-15,18-19H,2-5,8-9,12H2,1H3,(H,22,23,24)/t18-,19+/m1/s1. The zero-order valence-corrected chi connectivity index (χ0v) is 16.1. The van der Waals surface area contributed by atoms with Gasteiger partial charge in [-0.25, -0.2) is 4.98 Å². The minimum Gasteiger partial charge on any atom is -0.497 e. The van der Waals surface area contributed by atoms with Gasteiger partial charge in [-0.3, -0.25) is 9.89 Å². The Kier molecular flexibility index (Phi) is 4.55. The van der Waals surface area contributed by atoms with E-state index in [2.05, 4.69) is 10.2 Å². The van der Waals surface area contributed by atoms with Crippen molar-refractivity contribution in [1.82, 2.24) is 20.1 Å². The number of amides is 1. The van der Waals surface area contributed by atoms with Crippen LogP contribution in [0.4, 0.5) is 0 Å². The monoisotopic (exact) mass is 382 g/mol. The number of aromatic nitrogens is 3. The summed E-state index contributed by atoms with van der Waals surface area (Å²) >= 11 is 0. The van der Waals surface area contributed by atoms with E-state index in [-0.39, 0.29) is 24.7 Å². The van der Waals surface area contributed by atoms with Crippen molar-refractivity contribution >= 4 is 5.91 Å². The van der Waals surface area contributed by atoms with Gasteiger partial charge in [-0.05, 0) is 43.4 Å². The molecule has 1 aromatic carbocycles. The molecule has 3 aliphatic rings. The van der Waals surface area contributed by atoms with Gasteiger partial charge in [-0.15, -0.1) is 0 Å². The normalized spacial score (nSPS) is 26.0. The number of carbonyl (C=O) groups is 1. The third-order valence-electron chi connectivity index (χ3n) is 6.17. The highest BCUT2D eigenvalue weighted by Crippen LogP contribution is 2.45. The van der Waals surface area contributed by atoms with Crippen LogP contribution in [0.5, 0.6) is 5.75 Å². The fourth-order valence-corrected chi connectivity index (χ4v) is 4.56. The molecule has 0 radical (unpaired) electrons. The summed E-state index contributed by atoms with van der Waals surface area (Å²) in [7, 11) is 1.65. The van der Waals surface area contributed by atoms with Crippen LogP contribution in [0, 0.1) is 0 Å². The Morgan fingerprint density at radius 3 is 2.57 bits per heavy atom. The van der Waals surface area contributed by atoms with Gasteiger partial charge in [0, 0.05) is 12.0 Å². The maximum Gasteiger partial charge on any atom is 0.249 e. The third kappa shape index (κ3) is 3.17. The van der Waals surface area contributed by atoms with Crippen molar-refractivity contribution in [1.29, 1.82) is 0 Å². The van der Waals surface area contributed by atoms with Crippen molar-refractivity contribution in [2.45, 2.75) is 62.6 Å². The zero-order valence-electron chi connectivity index (χ0n) is 16.1. The summed E-state index contributed by atoms with van der Waals surface area (Å²) in [4.78, 5) is 19.5. The second kappa shape index (κ2) is 7.20. The van der Waals surface area contributed by atoms with Gasteiger partial charge in [0.05, 0.1) is 13.2 Å². The first-order chi connectivity index (χ1) is 13.7. The Bertz CT molecular complexity index is 840. The maximum absolute atomic E-state index is 12.7. The number of ether oxygens (including phenoxy) is 2. The summed E-state index contributed by atoms with van der Waals surface area (Å²) in [6, 6.07) is 7.98. The van der Waals surface area contributed by atoms with E-state index in [0.717, 1.165) is 48.6 Å². The lowest BCUT2D eigenvalue weighted by atomic mass is 9.96. The molecule has 2 saturated carbocycles. The smallest absolute Gasteiger partial charge is 0.249 e. The molecule has 7 nitrogen and oxygen atoms in total. The Hall–Kier alpha value is -2.41. The number of aromatic amines is 1. The van der Waals surface area contributed by atoms with Crippen LogP contribution in [0.3, 0.4) is 0 Å². The molecule has 0 bridgehead atoms. The Labute approximate surface area is 164 Å². The third-order valence-corrected chi connectivity index (χ3v) is 6.17. The average molecular weight is 382 g/mol. The van der Waals surface area contributed by atoms with Gasteiger partial charge < -0.3 is 14.4 Å². The van der Waals surface area contributed by atoms with Crippen molar-refractivity contribution < 1.29 is 14.3 Å². The van der Waals surface area contributed by atoms with E-state index in [4.69, 9.17) is 14.5 Å². The van der Waals surface area contributed by atoms with Crippen molar-refractivity contribution in [2.75, 3.05) is 13.7 Å². The number of nitrogens with one attached hydrogen (secondary N) is 1. The molecular weight excluding hydrogens is 356 g/mol. The average Bonchev–Trinajstić information content (AvgIpc) is 3.19. The number of hydrogen-bond donors (Lipinski definition) is 1. The van der Waals surface area contributed by atoms with Gasteiger partial charge in [0.25, 0.3) is 0 Å². The van der Waals surface area contributed by atoms with Crippen LogP contribution < -0.4 is 4.74 Å². The van der Waals surface area contributed by atoms with Gasteiger partial charge in [0.15, 0.2) is 11.6 Å².